The zero-order valence-corrected chi connectivity index (χ0v) is 14.0. The summed E-state index contributed by atoms with van der Waals surface area (Å²) in [5.41, 5.74) is 5.40. The molecule has 0 aliphatic carbocycles. The predicted molar refractivity (Wildman–Crippen MR) is 79.6 cm³/mol. The monoisotopic (exact) mass is 384 g/mol. The summed E-state index contributed by atoms with van der Waals surface area (Å²) in [5.74, 6) is -0.817. The fourth-order valence-electron chi connectivity index (χ4n) is 2.19. The summed E-state index contributed by atoms with van der Waals surface area (Å²) >= 11 is 8.93. The highest BCUT2D eigenvalue weighted by atomic mass is 79.9. The van der Waals surface area contributed by atoms with E-state index in [2.05, 4.69) is 15.9 Å². The van der Waals surface area contributed by atoms with E-state index in [0.717, 1.165) is 12.1 Å². The van der Waals surface area contributed by atoms with Gasteiger partial charge in [0.15, 0.2) is 0 Å². The Morgan fingerprint density at radius 2 is 2.20 bits per heavy atom. The Balaban J connectivity index is 2.40. The van der Waals surface area contributed by atoms with Crippen molar-refractivity contribution in [1.29, 1.82) is 0 Å². The van der Waals surface area contributed by atoms with Crippen molar-refractivity contribution < 1.29 is 12.8 Å². The van der Waals surface area contributed by atoms with E-state index in [4.69, 9.17) is 17.3 Å². The van der Waals surface area contributed by atoms with Crippen LogP contribution in [-0.4, -0.2) is 32.4 Å². The van der Waals surface area contributed by atoms with Crippen LogP contribution in [0.15, 0.2) is 21.5 Å². The van der Waals surface area contributed by atoms with Crippen molar-refractivity contribution >= 4 is 37.6 Å². The highest BCUT2D eigenvalue weighted by Crippen LogP contribution is 2.35. The van der Waals surface area contributed by atoms with Gasteiger partial charge in [-0.2, -0.15) is 4.31 Å². The number of sulfonamides is 1. The van der Waals surface area contributed by atoms with E-state index in [1.165, 1.54) is 4.31 Å². The maximum Gasteiger partial charge on any atom is 0.246 e. The van der Waals surface area contributed by atoms with Gasteiger partial charge in [0.1, 0.15) is 10.7 Å². The van der Waals surface area contributed by atoms with E-state index in [1.807, 2.05) is 6.92 Å². The van der Waals surface area contributed by atoms with E-state index in [0.29, 0.717) is 30.5 Å². The lowest BCUT2D eigenvalue weighted by Crippen LogP contribution is -2.34. The lowest BCUT2D eigenvalue weighted by molar-refractivity contribution is 0.349. The Morgan fingerprint density at radius 3 is 2.75 bits per heavy atom. The summed E-state index contributed by atoms with van der Waals surface area (Å²) in [5, 5.41) is 0.158. The van der Waals surface area contributed by atoms with Crippen LogP contribution in [0.4, 0.5) is 4.39 Å². The third kappa shape index (κ3) is 2.87. The third-order valence-corrected chi connectivity index (χ3v) is 6.67. The highest BCUT2D eigenvalue weighted by Gasteiger charge is 2.40. The fourth-order valence-corrected chi connectivity index (χ4v) is 4.40. The molecule has 1 aromatic rings. The lowest BCUT2D eigenvalue weighted by atomic mass is 9.90. The van der Waals surface area contributed by atoms with Crippen molar-refractivity contribution in [2.24, 2.45) is 11.1 Å². The molecule has 1 saturated heterocycles. The van der Waals surface area contributed by atoms with Crippen LogP contribution in [0.1, 0.15) is 13.3 Å². The van der Waals surface area contributed by atoms with Gasteiger partial charge in [-0.1, -0.05) is 18.5 Å². The Bertz CT molecular complexity index is 641. The zero-order valence-electron chi connectivity index (χ0n) is 10.9. The first-order valence-electron chi connectivity index (χ1n) is 6.04. The summed E-state index contributed by atoms with van der Waals surface area (Å²) in [6.45, 7) is 2.94. The molecule has 0 bridgehead atoms. The molecule has 1 aliphatic heterocycles. The van der Waals surface area contributed by atoms with E-state index >= 15 is 0 Å². The second kappa shape index (κ2) is 5.53. The van der Waals surface area contributed by atoms with Crippen molar-refractivity contribution in [1.82, 2.24) is 4.31 Å². The maximum absolute atomic E-state index is 13.9. The molecule has 0 saturated carbocycles. The van der Waals surface area contributed by atoms with Crippen molar-refractivity contribution in [3.05, 3.63) is 27.4 Å². The molecule has 1 heterocycles. The second-order valence-corrected chi connectivity index (χ2v) is 8.47. The molecule has 1 aromatic carbocycles. The van der Waals surface area contributed by atoms with Crippen molar-refractivity contribution in [3.63, 3.8) is 0 Å². The van der Waals surface area contributed by atoms with E-state index in [1.54, 1.807) is 0 Å². The Hall–Kier alpha value is -0.210. The fraction of sp³-hybridized carbons (Fsp3) is 0.500. The summed E-state index contributed by atoms with van der Waals surface area (Å²) in [7, 11) is -3.89. The molecule has 1 aliphatic rings. The maximum atomic E-state index is 13.9. The zero-order chi connectivity index (χ0) is 15.1. The van der Waals surface area contributed by atoms with Gasteiger partial charge in [-0.05, 0) is 46.4 Å². The molecular weight excluding hydrogens is 371 g/mol. The van der Waals surface area contributed by atoms with Crippen LogP contribution in [0.25, 0.3) is 0 Å². The van der Waals surface area contributed by atoms with Crippen molar-refractivity contribution in [2.75, 3.05) is 19.6 Å². The number of hydrogen-bond donors (Lipinski definition) is 1. The molecule has 1 atom stereocenters. The Kier molecular flexibility index (Phi) is 4.47. The van der Waals surface area contributed by atoms with Gasteiger partial charge in [-0.3, -0.25) is 0 Å². The van der Waals surface area contributed by atoms with Crippen LogP contribution in [0, 0.1) is 11.2 Å². The first kappa shape index (κ1) is 16.2. The van der Waals surface area contributed by atoms with Crippen LogP contribution in [0.3, 0.4) is 0 Å². The molecule has 2 N–H and O–H groups in total. The molecule has 0 amide bonds. The summed E-state index contributed by atoms with van der Waals surface area (Å²) in [6, 6.07) is 2.20. The van der Waals surface area contributed by atoms with Gasteiger partial charge in [-0.25, -0.2) is 12.8 Å². The third-order valence-electron chi connectivity index (χ3n) is 3.61. The first-order valence-corrected chi connectivity index (χ1v) is 8.65. The second-order valence-electron chi connectivity index (χ2n) is 5.30. The number of nitrogens with zero attached hydrogens (tertiary/aromatic N) is 1. The average Bonchev–Trinajstić information content (AvgIpc) is 2.78. The van der Waals surface area contributed by atoms with Crippen LogP contribution >= 0.6 is 27.5 Å². The van der Waals surface area contributed by atoms with E-state index < -0.39 is 20.7 Å². The molecule has 4 nitrogen and oxygen atoms in total. The van der Waals surface area contributed by atoms with Gasteiger partial charge in [0.25, 0.3) is 0 Å². The number of nitrogens with two attached hydrogens (primary N) is 1. The van der Waals surface area contributed by atoms with Gasteiger partial charge in [0, 0.05) is 17.6 Å². The molecule has 2 rings (SSSR count). The smallest absolute Gasteiger partial charge is 0.246 e. The average molecular weight is 386 g/mol. The van der Waals surface area contributed by atoms with Gasteiger partial charge >= 0.3 is 0 Å². The number of rotatable bonds is 3. The minimum absolute atomic E-state index is 0.158. The normalized spacial score (nSPS) is 24.2. The Morgan fingerprint density at radius 1 is 1.55 bits per heavy atom. The summed E-state index contributed by atoms with van der Waals surface area (Å²) in [4.78, 5) is -0.396. The Labute approximate surface area is 131 Å². The van der Waals surface area contributed by atoms with Gasteiger partial charge in [0.2, 0.25) is 10.0 Å². The molecule has 20 heavy (non-hydrogen) atoms. The minimum Gasteiger partial charge on any atom is -0.330 e. The standard InChI is InChI=1S/C12H15BrClFN2O2S/c1-12(6-16)2-3-17(7-12)20(18,19)11-5-9(14)8(13)4-10(11)15/h4-5H,2-3,6-7,16H2,1H3. The molecule has 1 fully saturated rings. The van der Waals surface area contributed by atoms with Crippen LogP contribution in [-0.2, 0) is 10.0 Å². The van der Waals surface area contributed by atoms with Crippen LogP contribution < -0.4 is 5.73 Å². The molecule has 0 aromatic heterocycles. The number of benzene rings is 1. The predicted octanol–water partition coefficient (Wildman–Crippen LogP) is 2.60. The van der Waals surface area contributed by atoms with Crippen LogP contribution in [0.2, 0.25) is 5.02 Å². The van der Waals surface area contributed by atoms with Gasteiger partial charge in [0.05, 0.1) is 5.02 Å². The molecule has 0 spiro atoms. The molecule has 112 valence electrons. The first-order chi connectivity index (χ1) is 9.19. The number of halogens is 3. The molecular formula is C12H15BrClFN2O2S. The largest absolute Gasteiger partial charge is 0.330 e. The lowest BCUT2D eigenvalue weighted by Gasteiger charge is -2.22. The van der Waals surface area contributed by atoms with Gasteiger partial charge in [-0.15, -0.1) is 0 Å². The summed E-state index contributed by atoms with van der Waals surface area (Å²) < 4.78 is 40.5. The minimum atomic E-state index is -3.89. The topological polar surface area (TPSA) is 63.4 Å². The number of hydrogen-bond acceptors (Lipinski definition) is 3. The summed E-state index contributed by atoms with van der Waals surface area (Å²) in [6.07, 6.45) is 0.661. The quantitative estimate of drug-likeness (QED) is 0.814. The van der Waals surface area contributed by atoms with Crippen molar-refractivity contribution in [3.8, 4) is 0 Å². The van der Waals surface area contributed by atoms with E-state index in [-0.39, 0.29) is 10.4 Å². The van der Waals surface area contributed by atoms with Gasteiger partial charge < -0.3 is 5.73 Å². The molecule has 8 heteroatoms. The SMILES string of the molecule is CC1(CN)CCN(S(=O)(=O)c2cc(Cl)c(Br)cc2F)C1. The highest BCUT2D eigenvalue weighted by molar-refractivity contribution is 9.10. The van der Waals surface area contributed by atoms with Crippen molar-refractivity contribution in [2.45, 2.75) is 18.2 Å². The van der Waals surface area contributed by atoms with Crippen LogP contribution in [0.5, 0.6) is 0 Å². The molecule has 1 unspecified atom stereocenters. The van der Waals surface area contributed by atoms with E-state index in [9.17, 15) is 12.8 Å². The molecule has 0 radical (unpaired) electrons.